The van der Waals surface area contributed by atoms with Crippen molar-refractivity contribution in [1.29, 1.82) is 0 Å². The van der Waals surface area contributed by atoms with Crippen molar-refractivity contribution in [3.63, 3.8) is 0 Å². The number of aliphatic hydroxyl groups excluding tert-OH is 1. The summed E-state index contributed by atoms with van der Waals surface area (Å²) in [5.41, 5.74) is 0. The molecule has 1 N–H and O–H groups in total. The minimum atomic E-state index is -0.597. The molecule has 0 fully saturated rings. The van der Waals surface area contributed by atoms with Crippen LogP contribution in [0.3, 0.4) is 0 Å². The van der Waals surface area contributed by atoms with E-state index in [2.05, 4.69) is 31.8 Å². The van der Waals surface area contributed by atoms with Crippen molar-refractivity contribution >= 4 is 6.21 Å². The van der Waals surface area contributed by atoms with E-state index in [0.717, 1.165) is 12.8 Å². The fourth-order valence-corrected chi connectivity index (χ4v) is 1.80. The highest BCUT2D eigenvalue weighted by molar-refractivity contribution is 5.63. The van der Waals surface area contributed by atoms with Gasteiger partial charge in [0.25, 0.3) is 0 Å². The van der Waals surface area contributed by atoms with Gasteiger partial charge in [0.05, 0.1) is 32.6 Å². The average molecular weight is 341 g/mol. The highest BCUT2D eigenvalue weighted by atomic mass is 16.6. The number of nitrogens with zero attached hydrogens (tertiary/aromatic N) is 1. The minimum absolute atomic E-state index is 0.228. The van der Waals surface area contributed by atoms with Crippen LogP contribution >= 0.6 is 0 Å². The lowest BCUT2D eigenvalue weighted by Gasteiger charge is -2.30. The van der Waals surface area contributed by atoms with E-state index in [9.17, 15) is 5.11 Å². The summed E-state index contributed by atoms with van der Waals surface area (Å²) in [6.45, 7) is 14.1. The first-order chi connectivity index (χ1) is 11.7. The monoisotopic (exact) mass is 341 g/mol. The second-order valence-corrected chi connectivity index (χ2v) is 4.96. The van der Waals surface area contributed by atoms with Crippen LogP contribution in [0.25, 0.3) is 0 Å². The molecule has 0 rings (SSSR count). The molecule has 0 aliphatic heterocycles. The highest BCUT2D eigenvalue weighted by Crippen LogP contribution is 2.12. The van der Waals surface area contributed by atoms with Crippen LogP contribution in [0.5, 0.6) is 0 Å². The van der Waals surface area contributed by atoms with E-state index in [1.807, 2.05) is 0 Å². The molecule has 0 unspecified atom stereocenters. The molecule has 3 atom stereocenters. The molecule has 138 valence electrons. The lowest BCUT2D eigenvalue weighted by molar-refractivity contribution is -0.120. The molecule has 6 heteroatoms. The first-order valence-electron chi connectivity index (χ1n) is 8.18. The SMILES string of the molecule is C=CCO[C@H]([C@H](/C=N/OCCCC)OCC=C)[C@@H](CO)OCC=C. The highest BCUT2D eigenvalue weighted by Gasteiger charge is 2.30. The molecule has 0 aliphatic rings. The van der Waals surface area contributed by atoms with E-state index in [-0.39, 0.29) is 19.8 Å². The molecule has 6 nitrogen and oxygen atoms in total. The van der Waals surface area contributed by atoms with Crippen LogP contribution in [0.4, 0.5) is 0 Å². The minimum Gasteiger partial charge on any atom is -0.396 e. The summed E-state index contributed by atoms with van der Waals surface area (Å²) in [6, 6.07) is 0. The molecule has 0 aromatic heterocycles. The predicted octanol–water partition coefficient (Wildman–Crippen LogP) is 2.49. The first-order valence-corrected chi connectivity index (χ1v) is 8.18. The summed E-state index contributed by atoms with van der Waals surface area (Å²) >= 11 is 0. The van der Waals surface area contributed by atoms with E-state index in [4.69, 9.17) is 19.0 Å². The second kappa shape index (κ2) is 16.4. The number of aliphatic hydroxyl groups is 1. The Morgan fingerprint density at radius 1 is 1.00 bits per heavy atom. The van der Waals surface area contributed by atoms with Crippen molar-refractivity contribution in [1.82, 2.24) is 0 Å². The number of rotatable bonds is 17. The molecule has 0 aliphatic carbocycles. The zero-order valence-electron chi connectivity index (χ0n) is 14.6. The Kier molecular flexibility index (Phi) is 15.4. The Bertz CT molecular complexity index is 359. The molecule has 0 radical (unpaired) electrons. The lowest BCUT2D eigenvalue weighted by Crippen LogP contribution is -2.45. The van der Waals surface area contributed by atoms with Crippen molar-refractivity contribution < 1.29 is 24.2 Å². The number of ether oxygens (including phenoxy) is 3. The topological polar surface area (TPSA) is 69.5 Å². The summed E-state index contributed by atoms with van der Waals surface area (Å²) in [5.74, 6) is 0. The lowest BCUT2D eigenvalue weighted by atomic mass is 10.1. The molecule has 0 aromatic rings. The van der Waals surface area contributed by atoms with Gasteiger partial charge in [-0.25, -0.2) is 0 Å². The van der Waals surface area contributed by atoms with Crippen LogP contribution in [0.2, 0.25) is 0 Å². The van der Waals surface area contributed by atoms with Crippen LogP contribution in [-0.2, 0) is 19.0 Å². The van der Waals surface area contributed by atoms with Crippen molar-refractivity contribution in [2.75, 3.05) is 33.0 Å². The predicted molar refractivity (Wildman–Crippen MR) is 96.2 cm³/mol. The van der Waals surface area contributed by atoms with Gasteiger partial charge in [-0.3, -0.25) is 0 Å². The van der Waals surface area contributed by atoms with E-state index >= 15 is 0 Å². The summed E-state index contributed by atoms with van der Waals surface area (Å²) in [4.78, 5) is 5.20. The van der Waals surface area contributed by atoms with Gasteiger partial charge >= 0.3 is 0 Å². The standard InChI is InChI=1S/C18H31NO5/c1-5-9-13-24-19-14-16(21-10-6-2)18(23-12-8-4)17(15-20)22-11-7-3/h6-8,14,16-18,20H,2-5,9-13,15H2,1H3/b19-14+/t16-,17+,18+/m0/s1. The normalized spacial score (nSPS) is 14.9. The third-order valence-corrected chi connectivity index (χ3v) is 2.98. The molecule has 0 heterocycles. The van der Waals surface area contributed by atoms with Crippen LogP contribution in [0.15, 0.2) is 43.1 Å². The van der Waals surface area contributed by atoms with E-state index < -0.39 is 18.3 Å². The second-order valence-electron chi connectivity index (χ2n) is 4.96. The number of oxime groups is 1. The maximum Gasteiger partial charge on any atom is 0.125 e. The summed E-state index contributed by atoms with van der Waals surface area (Å²) in [6.07, 6.45) is 6.59. The quantitative estimate of drug-likeness (QED) is 0.190. The third-order valence-electron chi connectivity index (χ3n) is 2.98. The average Bonchev–Trinajstić information content (AvgIpc) is 2.60. The van der Waals surface area contributed by atoms with Gasteiger partial charge in [0, 0.05) is 0 Å². The largest absolute Gasteiger partial charge is 0.396 e. The van der Waals surface area contributed by atoms with Gasteiger partial charge in [0.15, 0.2) is 0 Å². The molecule has 24 heavy (non-hydrogen) atoms. The molecular weight excluding hydrogens is 310 g/mol. The number of unbranched alkanes of at least 4 members (excludes halogenated alkanes) is 1. The fraction of sp³-hybridized carbons (Fsp3) is 0.611. The van der Waals surface area contributed by atoms with Crippen molar-refractivity contribution in [3.8, 4) is 0 Å². The molecule has 0 bridgehead atoms. The number of hydrogen-bond donors (Lipinski definition) is 1. The van der Waals surface area contributed by atoms with Gasteiger partial charge in [-0.1, -0.05) is 36.7 Å². The maximum atomic E-state index is 9.62. The Morgan fingerprint density at radius 3 is 2.21 bits per heavy atom. The van der Waals surface area contributed by atoms with Crippen LogP contribution in [-0.4, -0.2) is 62.7 Å². The summed E-state index contributed by atoms with van der Waals surface area (Å²) in [5, 5.41) is 13.6. The Balaban J connectivity index is 5.01. The van der Waals surface area contributed by atoms with Gasteiger partial charge in [-0.05, 0) is 6.42 Å². The van der Waals surface area contributed by atoms with Crippen LogP contribution in [0, 0.1) is 0 Å². The smallest absolute Gasteiger partial charge is 0.125 e. The van der Waals surface area contributed by atoms with E-state index in [0.29, 0.717) is 13.2 Å². The third kappa shape index (κ3) is 10.3. The Morgan fingerprint density at radius 2 is 1.62 bits per heavy atom. The zero-order valence-corrected chi connectivity index (χ0v) is 14.6. The fourth-order valence-electron chi connectivity index (χ4n) is 1.80. The molecule has 0 amide bonds. The maximum absolute atomic E-state index is 9.62. The first kappa shape index (κ1) is 22.5. The van der Waals surface area contributed by atoms with Gasteiger partial charge in [-0.15, -0.1) is 19.7 Å². The van der Waals surface area contributed by atoms with Crippen molar-refractivity contribution in [2.24, 2.45) is 5.16 Å². The summed E-state index contributed by atoms with van der Waals surface area (Å²) < 4.78 is 17.0. The van der Waals surface area contributed by atoms with Crippen molar-refractivity contribution in [3.05, 3.63) is 38.0 Å². The Hall–Kier alpha value is -1.47. The van der Waals surface area contributed by atoms with Gasteiger partial charge in [0.2, 0.25) is 0 Å². The van der Waals surface area contributed by atoms with E-state index in [1.54, 1.807) is 18.2 Å². The molecular formula is C18H31NO5. The summed E-state index contributed by atoms with van der Waals surface area (Å²) in [7, 11) is 0. The van der Waals surface area contributed by atoms with Crippen LogP contribution < -0.4 is 0 Å². The molecule has 0 saturated carbocycles. The van der Waals surface area contributed by atoms with E-state index in [1.165, 1.54) is 6.21 Å². The molecule has 0 spiro atoms. The molecule has 0 saturated heterocycles. The van der Waals surface area contributed by atoms with Gasteiger partial charge < -0.3 is 24.2 Å². The van der Waals surface area contributed by atoms with Gasteiger partial charge in [0.1, 0.15) is 24.9 Å². The van der Waals surface area contributed by atoms with Gasteiger partial charge in [-0.2, -0.15) is 0 Å². The Labute approximate surface area is 145 Å². The van der Waals surface area contributed by atoms with Crippen molar-refractivity contribution in [2.45, 2.75) is 38.1 Å². The number of hydrogen-bond acceptors (Lipinski definition) is 6. The van der Waals surface area contributed by atoms with Crippen LogP contribution in [0.1, 0.15) is 19.8 Å². The zero-order chi connectivity index (χ0) is 18.0. The molecule has 0 aromatic carbocycles.